The number of rotatable bonds is 35. The maximum absolute atomic E-state index is 13.9. The molecule has 0 radical (unpaired) electrons. The smallest absolute Gasteiger partial charge is 0.410 e. The quantitative estimate of drug-likeness (QED) is 0.0433. The van der Waals surface area contributed by atoms with Gasteiger partial charge in [0.05, 0.1) is 0 Å². The van der Waals surface area contributed by atoms with Crippen LogP contribution >= 0.6 is 0 Å². The number of hydrogen-bond donors (Lipinski definition) is 3. The van der Waals surface area contributed by atoms with Gasteiger partial charge in [-0.15, -0.1) is 0 Å². The molecule has 0 aromatic rings. The lowest BCUT2D eigenvalue weighted by molar-refractivity contribution is -0.122. The maximum Gasteiger partial charge on any atom is 0.410 e. The van der Waals surface area contributed by atoms with Crippen molar-refractivity contribution in [3.63, 3.8) is 0 Å². The Morgan fingerprint density at radius 2 is 1.30 bits per heavy atom. The van der Waals surface area contributed by atoms with Gasteiger partial charge in [0.25, 0.3) is 0 Å². The number of amides is 3. The first kappa shape index (κ1) is 56.5. The molecule has 0 saturated heterocycles. The van der Waals surface area contributed by atoms with Crippen molar-refractivity contribution < 1.29 is 19.1 Å². The number of unbranched alkanes of at least 4 members (excludes halogenated alkanes) is 18. The second-order valence-electron chi connectivity index (χ2n) is 23.3. The van der Waals surface area contributed by atoms with Crippen LogP contribution in [0.15, 0.2) is 11.6 Å². The summed E-state index contributed by atoms with van der Waals surface area (Å²) in [7, 11) is 0. The van der Waals surface area contributed by atoms with Crippen LogP contribution in [-0.4, -0.2) is 61.6 Å². The highest BCUT2D eigenvalue weighted by Gasteiger charge is 2.59. The molecular weight excluding hydrogens is 817 g/mol. The summed E-state index contributed by atoms with van der Waals surface area (Å²) < 4.78 is 6.32. The molecule has 0 bridgehead atoms. The maximum atomic E-state index is 13.9. The molecule has 0 aromatic heterocycles. The topological polar surface area (TPSA) is 114 Å². The summed E-state index contributed by atoms with van der Waals surface area (Å²) >= 11 is 0. The van der Waals surface area contributed by atoms with Gasteiger partial charge in [-0.25, -0.2) is 4.79 Å². The third-order valence-corrected chi connectivity index (χ3v) is 17.8. The Morgan fingerprint density at radius 1 is 0.697 bits per heavy atom. The molecule has 8 nitrogen and oxygen atoms in total. The standard InChI is InChI=1S/C58H106N4O4/c1-7-8-9-10-11-12-13-14-15-16-17-18-19-20-23-31-54(63)60-41-25-21-22-27-43-62(45-55(64)61-42-26-24-40-59)56(65)66-49-36-38-57(5)48(44-49)32-33-50-52-35-34-51(47(4)30-28-29-46(2)3)58(52,6)39-37-53(50)57/h32,46-47,49-53H,7-31,33-45,59H2,1-6H3,(H,60,63)(H,61,64)/t47-,49+,50+,51-,52+,53+,57+,58-/m1/s1. The molecule has 8 heteroatoms. The lowest BCUT2D eigenvalue weighted by atomic mass is 9.47. The fraction of sp³-hybridized carbons (Fsp3) is 0.914. The summed E-state index contributed by atoms with van der Waals surface area (Å²) in [6, 6.07) is 0. The molecule has 0 aromatic carbocycles. The van der Waals surface area contributed by atoms with Crippen LogP contribution in [-0.2, 0) is 14.3 Å². The summed E-state index contributed by atoms with van der Waals surface area (Å²) in [4.78, 5) is 41.0. The first-order chi connectivity index (χ1) is 31.9. The summed E-state index contributed by atoms with van der Waals surface area (Å²) in [5, 5.41) is 6.12. The minimum absolute atomic E-state index is 0.0191. The van der Waals surface area contributed by atoms with E-state index in [0.717, 1.165) is 106 Å². The van der Waals surface area contributed by atoms with Crippen molar-refractivity contribution in [1.29, 1.82) is 0 Å². The van der Waals surface area contributed by atoms with Crippen LogP contribution < -0.4 is 16.4 Å². The van der Waals surface area contributed by atoms with Gasteiger partial charge in [0.2, 0.25) is 11.8 Å². The predicted octanol–water partition coefficient (Wildman–Crippen LogP) is 14.6. The van der Waals surface area contributed by atoms with Gasteiger partial charge >= 0.3 is 6.09 Å². The van der Waals surface area contributed by atoms with E-state index in [0.29, 0.717) is 38.0 Å². The summed E-state index contributed by atoms with van der Waals surface area (Å²) in [5.74, 6) is 4.87. The van der Waals surface area contributed by atoms with Crippen LogP contribution in [0.2, 0.25) is 0 Å². The van der Waals surface area contributed by atoms with Gasteiger partial charge in [-0.1, -0.05) is 175 Å². The minimum atomic E-state index is -0.353. The summed E-state index contributed by atoms with van der Waals surface area (Å²) in [5.41, 5.74) is 7.87. The predicted molar refractivity (Wildman–Crippen MR) is 277 cm³/mol. The van der Waals surface area contributed by atoms with E-state index < -0.39 is 0 Å². The van der Waals surface area contributed by atoms with E-state index in [9.17, 15) is 14.4 Å². The number of carbonyl (C=O) groups excluding carboxylic acids is 3. The molecule has 66 heavy (non-hydrogen) atoms. The first-order valence-corrected chi connectivity index (χ1v) is 28.8. The zero-order valence-corrected chi connectivity index (χ0v) is 44.1. The van der Waals surface area contributed by atoms with E-state index in [-0.39, 0.29) is 36.0 Å². The monoisotopic (exact) mass is 923 g/mol. The second-order valence-corrected chi connectivity index (χ2v) is 23.3. The Labute approximate surface area is 407 Å². The molecule has 4 aliphatic carbocycles. The van der Waals surface area contributed by atoms with Crippen LogP contribution in [0.4, 0.5) is 4.79 Å². The highest BCUT2D eigenvalue weighted by Crippen LogP contribution is 2.67. The lowest BCUT2D eigenvalue weighted by Crippen LogP contribution is -2.51. The van der Waals surface area contributed by atoms with Crippen molar-refractivity contribution in [3.8, 4) is 0 Å². The molecule has 0 spiro atoms. The third-order valence-electron chi connectivity index (χ3n) is 17.8. The van der Waals surface area contributed by atoms with Gasteiger partial charge in [-0.05, 0) is 130 Å². The minimum Gasteiger partial charge on any atom is -0.446 e. The van der Waals surface area contributed by atoms with Crippen LogP contribution in [0.25, 0.3) is 0 Å². The molecule has 3 saturated carbocycles. The summed E-state index contributed by atoms with van der Waals surface area (Å²) in [6.07, 6.45) is 41.6. The Balaban J connectivity index is 1.13. The van der Waals surface area contributed by atoms with Crippen molar-refractivity contribution in [2.24, 2.45) is 52.1 Å². The van der Waals surface area contributed by atoms with Gasteiger partial charge in [0.1, 0.15) is 12.6 Å². The van der Waals surface area contributed by atoms with Crippen LogP contribution in [0.3, 0.4) is 0 Å². The van der Waals surface area contributed by atoms with Gasteiger partial charge in [-0.2, -0.15) is 0 Å². The van der Waals surface area contributed by atoms with Crippen LogP contribution in [0.1, 0.15) is 253 Å². The Kier molecular flexibility index (Phi) is 26.7. The van der Waals surface area contributed by atoms with Crippen LogP contribution in [0.5, 0.6) is 0 Å². The number of fused-ring (bicyclic) bond motifs is 5. The number of carbonyl (C=O) groups is 3. The molecule has 8 atom stereocenters. The number of nitrogens with two attached hydrogens (primary N) is 1. The average molecular weight is 924 g/mol. The zero-order chi connectivity index (χ0) is 47.6. The average Bonchev–Trinajstić information content (AvgIpc) is 3.65. The molecule has 0 heterocycles. The number of nitrogens with zero attached hydrogens (tertiary/aromatic N) is 1. The number of nitrogens with one attached hydrogen (secondary N) is 2. The molecule has 0 unspecified atom stereocenters. The first-order valence-electron chi connectivity index (χ1n) is 28.8. The van der Waals surface area contributed by atoms with Gasteiger partial charge in [0.15, 0.2) is 0 Å². The molecule has 0 aliphatic heterocycles. The molecule has 3 amide bonds. The van der Waals surface area contributed by atoms with E-state index in [2.05, 4.69) is 58.3 Å². The fourth-order valence-corrected chi connectivity index (χ4v) is 13.7. The van der Waals surface area contributed by atoms with Crippen molar-refractivity contribution in [1.82, 2.24) is 15.5 Å². The fourth-order valence-electron chi connectivity index (χ4n) is 13.7. The Morgan fingerprint density at radius 3 is 1.95 bits per heavy atom. The molecule has 4 aliphatic rings. The van der Waals surface area contributed by atoms with Gasteiger partial charge in [0, 0.05) is 32.5 Å². The van der Waals surface area contributed by atoms with Crippen molar-refractivity contribution in [2.45, 2.75) is 260 Å². The van der Waals surface area contributed by atoms with E-state index in [1.807, 2.05) is 0 Å². The lowest BCUT2D eigenvalue weighted by Gasteiger charge is -2.58. The number of hydrogen-bond acceptors (Lipinski definition) is 5. The van der Waals surface area contributed by atoms with E-state index in [1.54, 1.807) is 4.90 Å². The van der Waals surface area contributed by atoms with E-state index in [1.165, 1.54) is 140 Å². The normalized spacial score (nSPS) is 26.2. The number of allylic oxidation sites excluding steroid dienone is 1. The Hall–Kier alpha value is -2.09. The highest BCUT2D eigenvalue weighted by atomic mass is 16.6. The Bertz CT molecular complexity index is 1400. The van der Waals surface area contributed by atoms with E-state index in [4.69, 9.17) is 10.5 Å². The number of ether oxygens (including phenoxy) is 1. The molecule has 4 rings (SSSR count). The van der Waals surface area contributed by atoms with Crippen molar-refractivity contribution in [2.75, 3.05) is 32.7 Å². The molecule has 4 N–H and O–H groups in total. The highest BCUT2D eigenvalue weighted by molar-refractivity contribution is 5.82. The van der Waals surface area contributed by atoms with Gasteiger partial charge in [-0.3, -0.25) is 14.5 Å². The van der Waals surface area contributed by atoms with Crippen molar-refractivity contribution >= 4 is 17.9 Å². The largest absolute Gasteiger partial charge is 0.446 e. The summed E-state index contributed by atoms with van der Waals surface area (Å²) in [6.45, 7) is 17.2. The van der Waals surface area contributed by atoms with Gasteiger partial charge < -0.3 is 21.1 Å². The zero-order valence-electron chi connectivity index (χ0n) is 44.1. The van der Waals surface area contributed by atoms with E-state index >= 15 is 0 Å². The van der Waals surface area contributed by atoms with Crippen molar-refractivity contribution in [3.05, 3.63) is 11.6 Å². The van der Waals surface area contributed by atoms with Crippen LogP contribution in [0, 0.1) is 46.3 Å². The molecule has 382 valence electrons. The SMILES string of the molecule is CCCCCCCCCCCCCCCCCC(=O)NCCCCCCN(CC(=O)NCCCCN)C(=O)O[C@H]1CC[C@@]2(C)C(=CC[C@H]3[C@@H]4CC[C@H]([C@H](C)CCCC(C)C)[C@@]4(C)CC[C@@H]32)C1. The molecular formula is C58H106N4O4. The second kappa shape index (κ2) is 31.2. The molecule has 3 fully saturated rings. The third kappa shape index (κ3) is 18.7.